The Hall–Kier alpha value is -2.36. The van der Waals surface area contributed by atoms with E-state index < -0.39 is 0 Å². The second-order valence-electron chi connectivity index (χ2n) is 4.79. The highest BCUT2D eigenvalue weighted by molar-refractivity contribution is 8.00. The Kier molecular flexibility index (Phi) is 4.60. The summed E-state index contributed by atoms with van der Waals surface area (Å²) in [5.74, 6) is 0.546. The van der Waals surface area contributed by atoms with Crippen LogP contribution in [0.4, 0.5) is 11.6 Å². The van der Waals surface area contributed by atoms with Crippen molar-refractivity contribution in [2.75, 3.05) is 11.6 Å². The van der Waals surface area contributed by atoms with Gasteiger partial charge in [-0.2, -0.15) is 5.26 Å². The first kappa shape index (κ1) is 15.5. The smallest absolute Gasteiger partial charge is 0.227 e. The fourth-order valence-electron chi connectivity index (χ4n) is 2.24. The zero-order valence-electron chi connectivity index (χ0n) is 12.7. The summed E-state index contributed by atoms with van der Waals surface area (Å²) in [6.45, 7) is 1.97. The van der Waals surface area contributed by atoms with E-state index in [-0.39, 0.29) is 0 Å². The molecule has 0 unspecified atom stereocenters. The zero-order valence-corrected chi connectivity index (χ0v) is 14.3. The van der Waals surface area contributed by atoms with Gasteiger partial charge in [-0.3, -0.25) is 0 Å². The molecular weight excluding hydrogens is 324 g/mol. The molecule has 1 N–H and O–H groups in total. The van der Waals surface area contributed by atoms with E-state index >= 15 is 0 Å². The Balaban J connectivity index is 2.01. The van der Waals surface area contributed by atoms with Gasteiger partial charge in [0, 0.05) is 17.4 Å². The molecule has 0 aliphatic carbocycles. The van der Waals surface area contributed by atoms with Gasteiger partial charge in [0.15, 0.2) is 0 Å². The van der Waals surface area contributed by atoms with Crippen LogP contribution in [0.5, 0.6) is 0 Å². The minimum Gasteiger partial charge on any atom is -0.324 e. The van der Waals surface area contributed by atoms with Crippen molar-refractivity contribution in [3.05, 3.63) is 53.0 Å². The maximum absolute atomic E-state index is 9.25. The lowest BCUT2D eigenvalue weighted by Crippen LogP contribution is -1.98. The third-order valence-corrected chi connectivity index (χ3v) is 5.66. The number of anilines is 2. The van der Waals surface area contributed by atoms with Gasteiger partial charge >= 0.3 is 0 Å². The molecule has 0 bridgehead atoms. The maximum Gasteiger partial charge on any atom is 0.227 e. The predicted molar refractivity (Wildman–Crippen MR) is 96.3 cm³/mol. The van der Waals surface area contributed by atoms with Gasteiger partial charge in [-0.1, -0.05) is 18.2 Å². The Morgan fingerprint density at radius 1 is 1.22 bits per heavy atom. The fraction of sp³-hybridized carbons (Fsp3) is 0.118. The predicted octanol–water partition coefficient (Wildman–Crippen LogP) is 4.85. The summed E-state index contributed by atoms with van der Waals surface area (Å²) in [4.78, 5) is 9.64. The van der Waals surface area contributed by atoms with Crippen molar-refractivity contribution in [2.24, 2.45) is 0 Å². The van der Waals surface area contributed by atoms with Crippen molar-refractivity contribution in [1.82, 2.24) is 9.97 Å². The second-order valence-corrected chi connectivity index (χ2v) is 6.89. The van der Waals surface area contributed by atoms with Gasteiger partial charge in [0.2, 0.25) is 5.95 Å². The molecule has 0 spiro atoms. The molecule has 2 aromatic heterocycles. The Morgan fingerprint density at radius 2 is 2.00 bits per heavy atom. The van der Waals surface area contributed by atoms with Crippen LogP contribution in [0.25, 0.3) is 11.3 Å². The van der Waals surface area contributed by atoms with Crippen LogP contribution in [-0.2, 0) is 0 Å². The molecule has 23 heavy (non-hydrogen) atoms. The average molecular weight is 338 g/mol. The van der Waals surface area contributed by atoms with Crippen molar-refractivity contribution in [1.29, 1.82) is 5.26 Å². The second kappa shape index (κ2) is 6.82. The number of rotatable bonds is 4. The molecule has 2 heterocycles. The normalized spacial score (nSPS) is 10.3. The molecule has 0 amide bonds. The van der Waals surface area contributed by atoms with Gasteiger partial charge in [-0.25, -0.2) is 9.97 Å². The molecule has 0 fully saturated rings. The molecule has 0 aliphatic rings. The van der Waals surface area contributed by atoms with E-state index in [2.05, 4.69) is 21.4 Å². The van der Waals surface area contributed by atoms with Crippen molar-refractivity contribution in [3.63, 3.8) is 0 Å². The average Bonchev–Trinajstić information content (AvgIpc) is 2.92. The van der Waals surface area contributed by atoms with Gasteiger partial charge in [0.1, 0.15) is 10.9 Å². The largest absolute Gasteiger partial charge is 0.324 e. The number of para-hydroxylation sites is 1. The molecule has 0 atom stereocenters. The molecule has 0 saturated heterocycles. The van der Waals surface area contributed by atoms with Gasteiger partial charge in [0.25, 0.3) is 0 Å². The van der Waals surface area contributed by atoms with Gasteiger partial charge in [0.05, 0.1) is 9.90 Å². The molecule has 3 aromatic rings. The van der Waals surface area contributed by atoms with Crippen LogP contribution in [0.2, 0.25) is 0 Å². The van der Waals surface area contributed by atoms with Crippen LogP contribution in [0.1, 0.15) is 10.4 Å². The number of nitrogens with zero attached hydrogens (tertiary/aromatic N) is 3. The molecule has 3 rings (SSSR count). The van der Waals surface area contributed by atoms with Crippen molar-refractivity contribution < 1.29 is 0 Å². The molecule has 0 aliphatic heterocycles. The summed E-state index contributed by atoms with van der Waals surface area (Å²) in [5.41, 5.74) is 3.77. The van der Waals surface area contributed by atoms with E-state index in [0.717, 1.165) is 31.6 Å². The summed E-state index contributed by atoms with van der Waals surface area (Å²) < 4.78 is 1.10. The van der Waals surface area contributed by atoms with E-state index in [1.54, 1.807) is 18.0 Å². The molecule has 0 saturated carbocycles. The minimum absolute atomic E-state index is 0.546. The summed E-state index contributed by atoms with van der Waals surface area (Å²) in [7, 11) is 0. The van der Waals surface area contributed by atoms with Crippen molar-refractivity contribution in [3.8, 4) is 17.3 Å². The van der Waals surface area contributed by atoms with Crippen LogP contribution < -0.4 is 5.32 Å². The number of nitriles is 1. The van der Waals surface area contributed by atoms with Crippen LogP contribution in [0.3, 0.4) is 0 Å². The maximum atomic E-state index is 9.25. The Bertz CT molecular complexity index is 866. The third kappa shape index (κ3) is 3.21. The summed E-state index contributed by atoms with van der Waals surface area (Å²) in [6, 6.07) is 14.0. The number of nitrogens with one attached hydrogen (secondary N) is 1. The van der Waals surface area contributed by atoms with Crippen LogP contribution >= 0.6 is 23.1 Å². The van der Waals surface area contributed by atoms with Crippen LogP contribution in [0.15, 0.2) is 46.8 Å². The first-order chi connectivity index (χ1) is 11.2. The fourth-order valence-corrected chi connectivity index (χ4v) is 4.13. The quantitative estimate of drug-likeness (QED) is 0.689. The van der Waals surface area contributed by atoms with Gasteiger partial charge in [-0.15, -0.1) is 23.1 Å². The lowest BCUT2D eigenvalue weighted by atomic mass is 10.1. The standard InChI is InChI=1S/C17H14N4S2/c1-11-14(10-18)23-16(22-2)15(11)13-8-9-19-17(21-13)20-12-6-4-3-5-7-12/h3-9H,1-2H3,(H,19,20,21). The minimum atomic E-state index is 0.546. The van der Waals surface area contributed by atoms with Crippen LogP contribution in [0, 0.1) is 18.3 Å². The molecule has 4 nitrogen and oxygen atoms in total. The number of benzene rings is 1. The first-order valence-electron chi connectivity index (χ1n) is 6.96. The topological polar surface area (TPSA) is 61.6 Å². The summed E-state index contributed by atoms with van der Waals surface area (Å²) >= 11 is 3.15. The summed E-state index contributed by atoms with van der Waals surface area (Å²) in [6.07, 6.45) is 3.75. The first-order valence-corrected chi connectivity index (χ1v) is 9.00. The number of thiophene rings is 1. The highest BCUT2D eigenvalue weighted by atomic mass is 32.2. The SMILES string of the molecule is CSc1sc(C#N)c(C)c1-c1ccnc(Nc2ccccc2)n1. The van der Waals surface area contributed by atoms with Crippen LogP contribution in [-0.4, -0.2) is 16.2 Å². The lowest BCUT2D eigenvalue weighted by Gasteiger charge is -2.07. The van der Waals surface area contributed by atoms with E-state index in [1.807, 2.05) is 49.6 Å². The number of aromatic nitrogens is 2. The van der Waals surface area contributed by atoms with Gasteiger partial charge < -0.3 is 5.32 Å². The van der Waals surface area contributed by atoms with Crippen molar-refractivity contribution in [2.45, 2.75) is 11.1 Å². The van der Waals surface area contributed by atoms with Crippen molar-refractivity contribution >= 4 is 34.7 Å². The van der Waals surface area contributed by atoms with E-state index in [9.17, 15) is 5.26 Å². The van der Waals surface area contributed by atoms with E-state index in [1.165, 1.54) is 11.3 Å². The molecule has 0 radical (unpaired) electrons. The monoisotopic (exact) mass is 338 g/mol. The number of hydrogen-bond donors (Lipinski definition) is 1. The van der Waals surface area contributed by atoms with E-state index in [0.29, 0.717) is 5.95 Å². The molecule has 1 aromatic carbocycles. The number of hydrogen-bond acceptors (Lipinski definition) is 6. The summed E-state index contributed by atoms with van der Waals surface area (Å²) in [5, 5.41) is 12.5. The third-order valence-electron chi connectivity index (χ3n) is 3.34. The lowest BCUT2D eigenvalue weighted by molar-refractivity contribution is 1.16. The highest BCUT2D eigenvalue weighted by Gasteiger charge is 2.17. The zero-order chi connectivity index (χ0) is 16.2. The van der Waals surface area contributed by atoms with Gasteiger partial charge in [-0.05, 0) is 36.9 Å². The Morgan fingerprint density at radius 3 is 2.70 bits per heavy atom. The molecule has 6 heteroatoms. The highest BCUT2D eigenvalue weighted by Crippen LogP contribution is 2.40. The molecule has 114 valence electrons. The Labute approximate surface area is 143 Å². The van der Waals surface area contributed by atoms with E-state index in [4.69, 9.17) is 0 Å². The number of thioether (sulfide) groups is 1. The molecular formula is C17H14N4S2.